The van der Waals surface area contributed by atoms with Crippen LogP contribution in [0.2, 0.25) is 0 Å². The predicted octanol–water partition coefficient (Wildman–Crippen LogP) is 0.879. The zero-order chi connectivity index (χ0) is 17.3. The third-order valence-corrected chi connectivity index (χ3v) is 4.77. The van der Waals surface area contributed by atoms with Crippen LogP contribution in [0, 0.1) is 5.41 Å². The fourth-order valence-corrected chi connectivity index (χ4v) is 3.12. The van der Waals surface area contributed by atoms with E-state index in [4.69, 9.17) is 5.73 Å². The molecule has 0 bridgehead atoms. The van der Waals surface area contributed by atoms with Gasteiger partial charge in [0.25, 0.3) is 5.91 Å². The zero-order valence-corrected chi connectivity index (χ0v) is 14.0. The van der Waals surface area contributed by atoms with Crippen molar-refractivity contribution >= 4 is 22.7 Å². The molecular formula is C17H23N5O2. The van der Waals surface area contributed by atoms with Crippen molar-refractivity contribution in [2.75, 3.05) is 19.6 Å². The third kappa shape index (κ3) is 2.99. The van der Waals surface area contributed by atoms with Gasteiger partial charge in [0.1, 0.15) is 6.04 Å². The minimum atomic E-state index is -0.604. The Kier molecular flexibility index (Phi) is 4.28. The average molecular weight is 329 g/mol. The monoisotopic (exact) mass is 329 g/mol. The SMILES string of the molecule is CC(NC(=O)c1n[nH]c2ccccc12)C(=O)N1CCC(C)(CN)C1. The van der Waals surface area contributed by atoms with Crippen molar-refractivity contribution in [3.05, 3.63) is 30.0 Å². The van der Waals surface area contributed by atoms with Crippen LogP contribution >= 0.6 is 0 Å². The molecule has 128 valence electrons. The average Bonchev–Trinajstić information content (AvgIpc) is 3.18. The van der Waals surface area contributed by atoms with Crippen molar-refractivity contribution < 1.29 is 9.59 Å². The second kappa shape index (κ2) is 6.24. The molecule has 1 aromatic carbocycles. The summed E-state index contributed by atoms with van der Waals surface area (Å²) in [5.74, 6) is -0.436. The molecule has 7 heteroatoms. The van der Waals surface area contributed by atoms with Gasteiger partial charge in [-0.2, -0.15) is 5.10 Å². The molecule has 2 aromatic rings. The first kappa shape index (κ1) is 16.4. The van der Waals surface area contributed by atoms with Crippen molar-refractivity contribution in [2.24, 2.45) is 11.1 Å². The van der Waals surface area contributed by atoms with Crippen LogP contribution in [0.3, 0.4) is 0 Å². The lowest BCUT2D eigenvalue weighted by Gasteiger charge is -2.25. The van der Waals surface area contributed by atoms with E-state index in [1.807, 2.05) is 24.3 Å². The van der Waals surface area contributed by atoms with E-state index in [-0.39, 0.29) is 17.2 Å². The summed E-state index contributed by atoms with van der Waals surface area (Å²) < 4.78 is 0. The molecule has 2 unspecified atom stereocenters. The summed E-state index contributed by atoms with van der Waals surface area (Å²) in [4.78, 5) is 26.8. The van der Waals surface area contributed by atoms with Crippen LogP contribution in [0.15, 0.2) is 24.3 Å². The minimum absolute atomic E-state index is 0.0300. The summed E-state index contributed by atoms with van der Waals surface area (Å²) in [7, 11) is 0. The number of nitrogens with zero attached hydrogens (tertiary/aromatic N) is 2. The van der Waals surface area contributed by atoms with Gasteiger partial charge < -0.3 is 16.0 Å². The maximum Gasteiger partial charge on any atom is 0.273 e. The van der Waals surface area contributed by atoms with Gasteiger partial charge in [-0.05, 0) is 31.4 Å². The van der Waals surface area contributed by atoms with Gasteiger partial charge in [-0.15, -0.1) is 0 Å². The first-order valence-electron chi connectivity index (χ1n) is 8.16. The van der Waals surface area contributed by atoms with Crippen LogP contribution in [0.5, 0.6) is 0 Å². The lowest BCUT2D eigenvalue weighted by Crippen LogP contribution is -2.47. The summed E-state index contributed by atoms with van der Waals surface area (Å²) in [6.07, 6.45) is 0.889. The van der Waals surface area contributed by atoms with Gasteiger partial charge in [-0.3, -0.25) is 14.7 Å². The summed E-state index contributed by atoms with van der Waals surface area (Å²) in [5, 5.41) is 10.4. The first-order chi connectivity index (χ1) is 11.4. The number of aromatic nitrogens is 2. The van der Waals surface area contributed by atoms with Gasteiger partial charge in [-0.25, -0.2) is 0 Å². The highest BCUT2D eigenvalue weighted by atomic mass is 16.2. The second-order valence-corrected chi connectivity index (χ2v) is 6.84. The Hall–Kier alpha value is -2.41. The summed E-state index contributed by atoms with van der Waals surface area (Å²) in [5.41, 5.74) is 6.85. The van der Waals surface area contributed by atoms with Crippen LogP contribution in [0.25, 0.3) is 10.9 Å². The molecule has 1 aliphatic rings. The molecule has 0 saturated carbocycles. The van der Waals surface area contributed by atoms with Crippen LogP contribution in [-0.4, -0.2) is 52.6 Å². The zero-order valence-electron chi connectivity index (χ0n) is 14.0. The number of H-pyrrole nitrogens is 1. The second-order valence-electron chi connectivity index (χ2n) is 6.84. The van der Waals surface area contributed by atoms with E-state index in [0.717, 1.165) is 17.3 Å². The lowest BCUT2D eigenvalue weighted by atomic mass is 9.90. The number of hydrogen-bond donors (Lipinski definition) is 3. The number of likely N-dealkylation sites (tertiary alicyclic amines) is 1. The normalized spacial score (nSPS) is 21.9. The summed E-state index contributed by atoms with van der Waals surface area (Å²) >= 11 is 0. The molecule has 3 rings (SSSR count). The fourth-order valence-electron chi connectivity index (χ4n) is 3.12. The Morgan fingerprint density at radius 1 is 1.46 bits per heavy atom. The molecule has 1 saturated heterocycles. The lowest BCUT2D eigenvalue weighted by molar-refractivity contribution is -0.132. The number of nitrogens with one attached hydrogen (secondary N) is 2. The molecule has 1 aliphatic heterocycles. The Morgan fingerprint density at radius 2 is 2.21 bits per heavy atom. The number of amides is 2. The van der Waals surface area contributed by atoms with Crippen molar-refractivity contribution in [3.63, 3.8) is 0 Å². The molecule has 2 heterocycles. The standard InChI is InChI=1S/C17H23N5O2/c1-11(16(24)22-8-7-17(2,9-18)10-22)19-15(23)14-12-5-3-4-6-13(12)20-21-14/h3-6,11H,7-10,18H2,1-2H3,(H,19,23)(H,20,21). The predicted molar refractivity (Wildman–Crippen MR) is 91.4 cm³/mol. The molecule has 0 radical (unpaired) electrons. The number of aromatic amines is 1. The largest absolute Gasteiger partial charge is 0.340 e. The van der Waals surface area contributed by atoms with Gasteiger partial charge in [0.2, 0.25) is 5.91 Å². The van der Waals surface area contributed by atoms with E-state index in [1.54, 1.807) is 11.8 Å². The fraction of sp³-hybridized carbons (Fsp3) is 0.471. The molecular weight excluding hydrogens is 306 g/mol. The van der Waals surface area contributed by atoms with Crippen LogP contribution < -0.4 is 11.1 Å². The Labute approximate surface area is 140 Å². The maximum absolute atomic E-state index is 12.6. The quantitative estimate of drug-likeness (QED) is 0.774. The van der Waals surface area contributed by atoms with Crippen molar-refractivity contribution in [3.8, 4) is 0 Å². The van der Waals surface area contributed by atoms with E-state index >= 15 is 0 Å². The van der Waals surface area contributed by atoms with E-state index in [1.165, 1.54) is 0 Å². The molecule has 1 aromatic heterocycles. The molecule has 0 aliphatic carbocycles. The third-order valence-electron chi connectivity index (χ3n) is 4.77. The molecule has 4 N–H and O–H groups in total. The molecule has 2 amide bonds. The number of fused-ring (bicyclic) bond motifs is 1. The van der Waals surface area contributed by atoms with Gasteiger partial charge in [0.15, 0.2) is 5.69 Å². The van der Waals surface area contributed by atoms with Crippen LogP contribution in [-0.2, 0) is 4.79 Å². The summed E-state index contributed by atoms with van der Waals surface area (Å²) in [6, 6.07) is 6.80. The van der Waals surface area contributed by atoms with Gasteiger partial charge in [0.05, 0.1) is 5.52 Å². The number of carbonyl (C=O) groups excluding carboxylic acids is 2. The van der Waals surface area contributed by atoms with Crippen molar-refractivity contribution in [1.82, 2.24) is 20.4 Å². The number of para-hydroxylation sites is 1. The van der Waals surface area contributed by atoms with Gasteiger partial charge >= 0.3 is 0 Å². The van der Waals surface area contributed by atoms with E-state index in [0.29, 0.717) is 25.3 Å². The van der Waals surface area contributed by atoms with E-state index < -0.39 is 6.04 Å². The molecule has 24 heavy (non-hydrogen) atoms. The number of hydrogen-bond acceptors (Lipinski definition) is 4. The molecule has 7 nitrogen and oxygen atoms in total. The Morgan fingerprint density at radius 3 is 2.92 bits per heavy atom. The number of nitrogens with two attached hydrogens (primary N) is 1. The van der Waals surface area contributed by atoms with Gasteiger partial charge in [-0.1, -0.05) is 25.1 Å². The topological polar surface area (TPSA) is 104 Å². The minimum Gasteiger partial charge on any atom is -0.340 e. The number of rotatable bonds is 4. The smallest absolute Gasteiger partial charge is 0.273 e. The highest BCUT2D eigenvalue weighted by molar-refractivity contribution is 6.05. The molecule has 1 fully saturated rings. The Bertz CT molecular complexity index is 771. The molecule has 2 atom stereocenters. The first-order valence-corrected chi connectivity index (χ1v) is 8.16. The number of carbonyl (C=O) groups is 2. The number of benzene rings is 1. The maximum atomic E-state index is 12.6. The van der Waals surface area contributed by atoms with Crippen LogP contribution in [0.1, 0.15) is 30.8 Å². The van der Waals surface area contributed by atoms with Crippen LogP contribution in [0.4, 0.5) is 0 Å². The van der Waals surface area contributed by atoms with E-state index in [9.17, 15) is 9.59 Å². The highest BCUT2D eigenvalue weighted by Crippen LogP contribution is 2.28. The van der Waals surface area contributed by atoms with Crippen molar-refractivity contribution in [1.29, 1.82) is 0 Å². The Balaban J connectivity index is 1.67. The molecule has 0 spiro atoms. The van der Waals surface area contributed by atoms with Gasteiger partial charge in [0, 0.05) is 18.5 Å². The summed E-state index contributed by atoms with van der Waals surface area (Å²) in [6.45, 7) is 5.65. The highest BCUT2D eigenvalue weighted by Gasteiger charge is 2.36. The van der Waals surface area contributed by atoms with E-state index in [2.05, 4.69) is 22.4 Å². The van der Waals surface area contributed by atoms with Crippen molar-refractivity contribution in [2.45, 2.75) is 26.3 Å².